The fraction of sp³-hybridized carbons (Fsp3) is 0.579. The van der Waals surface area contributed by atoms with Gasteiger partial charge in [-0.15, -0.1) is 0 Å². The normalized spacial score (nSPS) is 16.6. The molecular weight excluding hydrogens is 396 g/mol. The van der Waals surface area contributed by atoms with Crippen molar-refractivity contribution in [1.82, 2.24) is 14.9 Å². The molecule has 1 saturated carbocycles. The molecule has 154 valence electrons. The van der Waals surface area contributed by atoms with Crippen molar-refractivity contribution < 1.29 is 13.2 Å². The highest BCUT2D eigenvalue weighted by Crippen LogP contribution is 2.26. The van der Waals surface area contributed by atoms with Crippen molar-refractivity contribution >= 4 is 38.7 Å². The van der Waals surface area contributed by atoms with Crippen LogP contribution in [0.3, 0.4) is 0 Å². The fourth-order valence-corrected chi connectivity index (χ4v) is 5.10. The Labute approximate surface area is 170 Å². The number of hydrogen-bond donors (Lipinski definition) is 2. The molecule has 0 saturated heterocycles. The summed E-state index contributed by atoms with van der Waals surface area (Å²) in [6.45, 7) is 2.67. The summed E-state index contributed by atoms with van der Waals surface area (Å²) >= 11 is 1.38. The largest absolute Gasteiger partial charge is 0.353 e. The highest BCUT2D eigenvalue weighted by atomic mass is 32.2. The van der Waals surface area contributed by atoms with Crippen LogP contribution in [-0.2, 0) is 21.4 Å². The smallest absolute Gasteiger partial charge is 0.238 e. The van der Waals surface area contributed by atoms with E-state index in [2.05, 4.69) is 10.3 Å². The number of fused-ring (bicyclic) bond motifs is 1. The molecule has 1 fully saturated rings. The number of imidazole rings is 1. The molecule has 1 aromatic carbocycles. The number of carbonyl (C=O) groups excluding carboxylic acids is 1. The Morgan fingerprint density at radius 3 is 2.57 bits per heavy atom. The Morgan fingerprint density at radius 1 is 1.25 bits per heavy atom. The third-order valence-corrected chi connectivity index (χ3v) is 7.02. The zero-order valence-corrected chi connectivity index (χ0v) is 17.8. The summed E-state index contributed by atoms with van der Waals surface area (Å²) in [6.07, 6.45) is 8.27. The molecule has 0 unspecified atom stereocenters. The molecule has 1 aliphatic carbocycles. The minimum atomic E-state index is -3.77. The lowest BCUT2D eigenvalue weighted by molar-refractivity contribution is -0.119. The van der Waals surface area contributed by atoms with Crippen LogP contribution in [0.1, 0.15) is 51.9 Å². The van der Waals surface area contributed by atoms with Crippen LogP contribution in [0.5, 0.6) is 0 Å². The number of carbonyl (C=O) groups is 1. The van der Waals surface area contributed by atoms with Gasteiger partial charge in [0, 0.05) is 12.6 Å². The van der Waals surface area contributed by atoms with Gasteiger partial charge in [0.15, 0.2) is 5.16 Å². The minimum Gasteiger partial charge on any atom is -0.353 e. The molecule has 1 aliphatic rings. The number of aryl methyl sites for hydroxylation is 1. The quantitative estimate of drug-likeness (QED) is 0.693. The zero-order valence-electron chi connectivity index (χ0n) is 16.2. The highest BCUT2D eigenvalue weighted by molar-refractivity contribution is 7.99. The summed E-state index contributed by atoms with van der Waals surface area (Å²) in [6, 6.07) is 4.96. The van der Waals surface area contributed by atoms with Crippen LogP contribution < -0.4 is 10.5 Å². The molecule has 0 aliphatic heterocycles. The summed E-state index contributed by atoms with van der Waals surface area (Å²) in [5.41, 5.74) is 1.40. The summed E-state index contributed by atoms with van der Waals surface area (Å²) < 4.78 is 25.1. The second-order valence-corrected chi connectivity index (χ2v) is 9.74. The van der Waals surface area contributed by atoms with Crippen LogP contribution in [0.2, 0.25) is 0 Å². The standard InChI is InChI=1S/C19H28N4O3S2/c1-2-23-17-11-10-15(28(20,25)26)12-16(17)22-19(23)27-13-18(24)21-14-8-6-4-3-5-7-9-14/h10-12,14H,2-9,13H2,1H3,(H,21,24)(H2,20,25,26). The van der Waals surface area contributed by atoms with Crippen molar-refractivity contribution in [2.75, 3.05) is 5.75 Å². The number of rotatable bonds is 6. The van der Waals surface area contributed by atoms with Gasteiger partial charge in [0.2, 0.25) is 15.9 Å². The van der Waals surface area contributed by atoms with Gasteiger partial charge < -0.3 is 9.88 Å². The number of nitrogens with two attached hydrogens (primary N) is 1. The molecule has 0 radical (unpaired) electrons. The zero-order chi connectivity index (χ0) is 20.1. The fourth-order valence-electron chi connectivity index (χ4n) is 3.68. The summed E-state index contributed by atoms with van der Waals surface area (Å²) in [5.74, 6) is 0.317. The molecule has 2 aromatic rings. The van der Waals surface area contributed by atoms with Gasteiger partial charge in [-0.3, -0.25) is 4.79 Å². The molecular formula is C19H28N4O3S2. The lowest BCUT2D eigenvalue weighted by atomic mass is 9.97. The molecule has 7 nitrogen and oxygen atoms in total. The molecule has 0 bridgehead atoms. The summed E-state index contributed by atoms with van der Waals surface area (Å²) in [4.78, 5) is 17.0. The second-order valence-electron chi connectivity index (χ2n) is 7.23. The molecule has 3 N–H and O–H groups in total. The lowest BCUT2D eigenvalue weighted by Crippen LogP contribution is -2.36. The number of sulfonamides is 1. The molecule has 1 amide bonds. The molecule has 0 spiro atoms. The van der Waals surface area contributed by atoms with Crippen molar-refractivity contribution in [2.24, 2.45) is 5.14 Å². The van der Waals surface area contributed by atoms with Gasteiger partial charge in [0.1, 0.15) is 0 Å². The highest BCUT2D eigenvalue weighted by Gasteiger charge is 2.17. The first-order valence-corrected chi connectivity index (χ1v) is 12.4. The van der Waals surface area contributed by atoms with E-state index in [0.717, 1.165) is 18.4 Å². The molecule has 0 atom stereocenters. The van der Waals surface area contributed by atoms with Gasteiger partial charge in [-0.25, -0.2) is 18.5 Å². The number of benzene rings is 1. The maximum absolute atomic E-state index is 12.4. The number of nitrogens with one attached hydrogen (secondary N) is 1. The monoisotopic (exact) mass is 424 g/mol. The number of primary sulfonamides is 1. The topological polar surface area (TPSA) is 107 Å². The van der Waals surface area contributed by atoms with Crippen LogP contribution in [0, 0.1) is 0 Å². The average Bonchev–Trinajstić information content (AvgIpc) is 2.98. The van der Waals surface area contributed by atoms with Crippen LogP contribution >= 0.6 is 11.8 Å². The Balaban J connectivity index is 1.68. The Morgan fingerprint density at radius 2 is 1.93 bits per heavy atom. The van der Waals surface area contributed by atoms with Crippen LogP contribution in [-0.4, -0.2) is 35.7 Å². The Hall–Kier alpha value is -1.58. The maximum Gasteiger partial charge on any atom is 0.238 e. The van der Waals surface area contributed by atoms with Crippen LogP contribution in [0.4, 0.5) is 0 Å². The number of nitrogens with zero attached hydrogens (tertiary/aromatic N) is 2. The number of thioether (sulfide) groups is 1. The van der Waals surface area contributed by atoms with E-state index in [1.165, 1.54) is 56.0 Å². The van der Waals surface area contributed by atoms with E-state index in [1.54, 1.807) is 6.07 Å². The van der Waals surface area contributed by atoms with Crippen molar-refractivity contribution in [3.8, 4) is 0 Å². The molecule has 9 heteroatoms. The van der Waals surface area contributed by atoms with E-state index in [4.69, 9.17) is 5.14 Å². The minimum absolute atomic E-state index is 0.0236. The van der Waals surface area contributed by atoms with E-state index in [0.29, 0.717) is 23.0 Å². The van der Waals surface area contributed by atoms with E-state index in [-0.39, 0.29) is 16.8 Å². The lowest BCUT2D eigenvalue weighted by Gasteiger charge is -2.20. The maximum atomic E-state index is 12.4. The van der Waals surface area contributed by atoms with Crippen molar-refractivity contribution in [2.45, 2.75) is 74.5 Å². The Bertz CT molecular complexity index is 932. The summed E-state index contributed by atoms with van der Waals surface area (Å²) in [5, 5.41) is 9.08. The van der Waals surface area contributed by atoms with Gasteiger partial charge in [0.05, 0.1) is 21.7 Å². The van der Waals surface area contributed by atoms with Gasteiger partial charge in [-0.05, 0) is 38.0 Å². The predicted molar refractivity (Wildman–Crippen MR) is 112 cm³/mol. The molecule has 28 heavy (non-hydrogen) atoms. The van der Waals surface area contributed by atoms with Crippen molar-refractivity contribution in [1.29, 1.82) is 0 Å². The van der Waals surface area contributed by atoms with Crippen molar-refractivity contribution in [3.63, 3.8) is 0 Å². The third kappa shape index (κ3) is 5.27. The van der Waals surface area contributed by atoms with E-state index in [1.807, 2.05) is 11.5 Å². The molecule has 1 aromatic heterocycles. The summed E-state index contributed by atoms with van der Waals surface area (Å²) in [7, 11) is -3.77. The first-order valence-electron chi connectivity index (χ1n) is 9.83. The van der Waals surface area contributed by atoms with Gasteiger partial charge >= 0.3 is 0 Å². The van der Waals surface area contributed by atoms with Gasteiger partial charge in [0.25, 0.3) is 0 Å². The van der Waals surface area contributed by atoms with Crippen LogP contribution in [0.15, 0.2) is 28.3 Å². The first kappa shape index (κ1) is 21.1. The SMILES string of the molecule is CCn1c(SCC(=O)NC2CCCCCCC2)nc2cc(S(N)(=O)=O)ccc21. The number of hydrogen-bond acceptors (Lipinski definition) is 5. The Kier molecular flexibility index (Phi) is 7.00. The predicted octanol–water partition coefficient (Wildman–Crippen LogP) is 3.02. The van der Waals surface area contributed by atoms with E-state index >= 15 is 0 Å². The average molecular weight is 425 g/mol. The first-order chi connectivity index (χ1) is 13.4. The second kappa shape index (κ2) is 9.28. The van der Waals surface area contributed by atoms with Crippen molar-refractivity contribution in [3.05, 3.63) is 18.2 Å². The molecule has 1 heterocycles. The van der Waals surface area contributed by atoms with Gasteiger partial charge in [-0.1, -0.05) is 43.9 Å². The third-order valence-electron chi connectivity index (χ3n) is 5.13. The number of aromatic nitrogens is 2. The van der Waals surface area contributed by atoms with Gasteiger partial charge in [-0.2, -0.15) is 0 Å². The van der Waals surface area contributed by atoms with E-state index < -0.39 is 10.0 Å². The van der Waals surface area contributed by atoms with Crippen LogP contribution in [0.25, 0.3) is 11.0 Å². The molecule has 3 rings (SSSR count). The number of amides is 1. The van der Waals surface area contributed by atoms with E-state index in [9.17, 15) is 13.2 Å².